The lowest BCUT2D eigenvalue weighted by Crippen LogP contribution is -2.46. The maximum Gasteiger partial charge on any atom is 0.254 e. The topological polar surface area (TPSA) is 46.3 Å². The van der Waals surface area contributed by atoms with E-state index in [-0.39, 0.29) is 11.9 Å². The van der Waals surface area contributed by atoms with E-state index in [1.165, 1.54) is 6.42 Å². The number of nitrogens with two attached hydrogens (primary N) is 1. The van der Waals surface area contributed by atoms with Crippen molar-refractivity contribution in [2.45, 2.75) is 32.7 Å². The van der Waals surface area contributed by atoms with Crippen LogP contribution >= 0.6 is 11.6 Å². The van der Waals surface area contributed by atoms with Crippen LogP contribution in [0.3, 0.4) is 0 Å². The van der Waals surface area contributed by atoms with Gasteiger partial charge in [-0.05, 0) is 43.9 Å². The van der Waals surface area contributed by atoms with Gasteiger partial charge in [0.2, 0.25) is 0 Å². The molecule has 1 saturated heterocycles. The van der Waals surface area contributed by atoms with E-state index in [2.05, 4.69) is 13.8 Å². The van der Waals surface area contributed by atoms with Gasteiger partial charge >= 0.3 is 0 Å². The second kappa shape index (κ2) is 5.19. The predicted molar refractivity (Wildman–Crippen MR) is 74.8 cm³/mol. The van der Waals surface area contributed by atoms with Gasteiger partial charge in [-0.1, -0.05) is 18.5 Å². The van der Waals surface area contributed by atoms with Crippen molar-refractivity contribution < 1.29 is 4.79 Å². The summed E-state index contributed by atoms with van der Waals surface area (Å²) in [6.45, 7) is 5.13. The normalized spacial score (nSPS) is 24.1. The summed E-state index contributed by atoms with van der Waals surface area (Å²) in [5.41, 5.74) is 6.79. The molecule has 0 saturated carbocycles. The molecule has 0 bridgehead atoms. The second-order valence-corrected chi connectivity index (χ2v) is 5.50. The largest absolute Gasteiger partial charge is 0.398 e. The van der Waals surface area contributed by atoms with E-state index in [4.69, 9.17) is 17.3 Å². The molecule has 2 rings (SSSR count). The van der Waals surface area contributed by atoms with Crippen LogP contribution in [0, 0.1) is 5.92 Å². The molecule has 0 aliphatic carbocycles. The molecular weight excluding hydrogens is 248 g/mol. The highest BCUT2D eigenvalue weighted by molar-refractivity contribution is 6.33. The van der Waals surface area contributed by atoms with E-state index in [9.17, 15) is 4.79 Å². The molecule has 1 heterocycles. The van der Waals surface area contributed by atoms with Crippen LogP contribution in [0.1, 0.15) is 37.0 Å². The molecule has 2 N–H and O–H groups in total. The van der Waals surface area contributed by atoms with Gasteiger partial charge in [-0.2, -0.15) is 0 Å². The van der Waals surface area contributed by atoms with Crippen molar-refractivity contribution in [1.29, 1.82) is 0 Å². The fourth-order valence-corrected chi connectivity index (χ4v) is 2.63. The van der Waals surface area contributed by atoms with Crippen LogP contribution in [0.2, 0.25) is 5.02 Å². The molecule has 0 spiro atoms. The van der Waals surface area contributed by atoms with Gasteiger partial charge in [0, 0.05) is 18.2 Å². The minimum Gasteiger partial charge on any atom is -0.398 e. The number of anilines is 1. The summed E-state index contributed by atoms with van der Waals surface area (Å²) in [4.78, 5) is 14.4. The highest BCUT2D eigenvalue weighted by Gasteiger charge is 2.29. The van der Waals surface area contributed by atoms with E-state index in [1.807, 2.05) is 4.90 Å². The Hall–Kier alpha value is -1.22. The third kappa shape index (κ3) is 2.46. The fraction of sp³-hybridized carbons (Fsp3) is 0.500. The number of hydrogen-bond donors (Lipinski definition) is 1. The standard InChI is InChI=1S/C14H19ClN2O/c1-9-4-3-7-17(10(9)2)14(18)11-5-6-13(16)12(15)8-11/h5-6,8-10H,3-4,7,16H2,1-2H3. The number of amides is 1. The Kier molecular flexibility index (Phi) is 3.81. The average Bonchev–Trinajstić information content (AvgIpc) is 2.35. The number of hydrogen-bond acceptors (Lipinski definition) is 2. The van der Waals surface area contributed by atoms with Gasteiger partial charge in [-0.15, -0.1) is 0 Å². The van der Waals surface area contributed by atoms with Crippen LogP contribution in [0.15, 0.2) is 18.2 Å². The summed E-state index contributed by atoms with van der Waals surface area (Å²) in [5.74, 6) is 0.600. The Labute approximate surface area is 113 Å². The Bertz CT molecular complexity index is 461. The minimum absolute atomic E-state index is 0.0518. The first-order chi connectivity index (χ1) is 8.50. The van der Waals surface area contributed by atoms with Crippen molar-refractivity contribution in [2.75, 3.05) is 12.3 Å². The van der Waals surface area contributed by atoms with Crippen LogP contribution < -0.4 is 5.73 Å². The quantitative estimate of drug-likeness (QED) is 0.794. The summed E-state index contributed by atoms with van der Waals surface area (Å²) in [7, 11) is 0. The molecule has 1 aliphatic heterocycles. The second-order valence-electron chi connectivity index (χ2n) is 5.09. The molecule has 0 radical (unpaired) electrons. The Balaban J connectivity index is 2.22. The lowest BCUT2D eigenvalue weighted by molar-refractivity contribution is 0.0551. The van der Waals surface area contributed by atoms with Crippen molar-refractivity contribution in [3.05, 3.63) is 28.8 Å². The van der Waals surface area contributed by atoms with Gasteiger partial charge in [0.15, 0.2) is 0 Å². The van der Waals surface area contributed by atoms with Crippen LogP contribution in [0.25, 0.3) is 0 Å². The molecule has 1 amide bonds. The Morgan fingerprint density at radius 2 is 2.17 bits per heavy atom. The minimum atomic E-state index is 0.0518. The van der Waals surface area contributed by atoms with Crippen LogP contribution in [0.4, 0.5) is 5.69 Å². The monoisotopic (exact) mass is 266 g/mol. The molecule has 4 heteroatoms. The van der Waals surface area contributed by atoms with Crippen molar-refractivity contribution >= 4 is 23.2 Å². The zero-order chi connectivity index (χ0) is 13.3. The predicted octanol–water partition coefficient (Wildman–Crippen LogP) is 3.18. The van der Waals surface area contributed by atoms with E-state index in [0.717, 1.165) is 13.0 Å². The maximum atomic E-state index is 12.4. The van der Waals surface area contributed by atoms with Crippen molar-refractivity contribution in [3.8, 4) is 0 Å². The molecule has 1 aromatic carbocycles. The summed E-state index contributed by atoms with van der Waals surface area (Å²) in [6, 6.07) is 5.37. The van der Waals surface area contributed by atoms with Crippen LogP contribution in [0.5, 0.6) is 0 Å². The van der Waals surface area contributed by atoms with Gasteiger partial charge in [-0.25, -0.2) is 0 Å². The van der Waals surface area contributed by atoms with Gasteiger partial charge in [0.25, 0.3) is 5.91 Å². The van der Waals surface area contributed by atoms with Gasteiger partial charge in [-0.3, -0.25) is 4.79 Å². The van der Waals surface area contributed by atoms with Gasteiger partial charge < -0.3 is 10.6 Å². The molecule has 1 aliphatic rings. The van der Waals surface area contributed by atoms with E-state index in [1.54, 1.807) is 18.2 Å². The number of nitrogen functional groups attached to an aromatic ring is 1. The summed E-state index contributed by atoms with van der Waals surface area (Å²) >= 11 is 5.97. The molecule has 0 aromatic heterocycles. The summed E-state index contributed by atoms with van der Waals surface area (Å²) in [5, 5.41) is 0.443. The molecule has 1 aromatic rings. The van der Waals surface area contributed by atoms with Crippen molar-refractivity contribution in [1.82, 2.24) is 4.90 Å². The average molecular weight is 267 g/mol. The Morgan fingerprint density at radius 1 is 1.44 bits per heavy atom. The number of likely N-dealkylation sites (tertiary alicyclic amines) is 1. The Morgan fingerprint density at radius 3 is 2.83 bits per heavy atom. The third-order valence-electron chi connectivity index (χ3n) is 3.88. The molecule has 18 heavy (non-hydrogen) atoms. The summed E-state index contributed by atoms with van der Waals surface area (Å²) < 4.78 is 0. The number of halogens is 1. The number of carbonyl (C=O) groups is 1. The molecule has 3 nitrogen and oxygen atoms in total. The fourth-order valence-electron chi connectivity index (χ4n) is 2.45. The SMILES string of the molecule is CC1CCCN(C(=O)c2ccc(N)c(Cl)c2)C1C. The number of rotatable bonds is 1. The number of piperidine rings is 1. The number of carbonyl (C=O) groups excluding carboxylic acids is 1. The van der Waals surface area contributed by atoms with E-state index >= 15 is 0 Å². The van der Waals surface area contributed by atoms with Gasteiger partial charge in [0.05, 0.1) is 10.7 Å². The third-order valence-corrected chi connectivity index (χ3v) is 4.21. The molecule has 2 unspecified atom stereocenters. The first kappa shape index (κ1) is 13.2. The lowest BCUT2D eigenvalue weighted by Gasteiger charge is -2.38. The first-order valence-corrected chi connectivity index (χ1v) is 6.74. The molecule has 2 atom stereocenters. The highest BCUT2D eigenvalue weighted by Crippen LogP contribution is 2.26. The number of nitrogens with zero attached hydrogens (tertiary/aromatic N) is 1. The zero-order valence-corrected chi connectivity index (χ0v) is 11.6. The zero-order valence-electron chi connectivity index (χ0n) is 10.8. The van der Waals surface area contributed by atoms with E-state index < -0.39 is 0 Å². The molecule has 1 fully saturated rings. The number of benzene rings is 1. The first-order valence-electron chi connectivity index (χ1n) is 6.36. The maximum absolute atomic E-state index is 12.4. The van der Waals surface area contributed by atoms with Crippen LogP contribution in [-0.2, 0) is 0 Å². The summed E-state index contributed by atoms with van der Waals surface area (Å²) in [6.07, 6.45) is 2.26. The van der Waals surface area contributed by atoms with E-state index in [0.29, 0.717) is 22.2 Å². The lowest BCUT2D eigenvalue weighted by atomic mass is 9.91. The van der Waals surface area contributed by atoms with Crippen LogP contribution in [-0.4, -0.2) is 23.4 Å². The smallest absolute Gasteiger partial charge is 0.254 e. The molecular formula is C14H19ClN2O. The molecule has 98 valence electrons. The van der Waals surface area contributed by atoms with Crippen molar-refractivity contribution in [2.24, 2.45) is 5.92 Å². The highest BCUT2D eigenvalue weighted by atomic mass is 35.5. The van der Waals surface area contributed by atoms with Gasteiger partial charge in [0.1, 0.15) is 0 Å². The van der Waals surface area contributed by atoms with Crippen molar-refractivity contribution in [3.63, 3.8) is 0 Å².